The highest BCUT2D eigenvalue weighted by molar-refractivity contribution is 8.18. The summed E-state index contributed by atoms with van der Waals surface area (Å²) in [4.78, 5) is 38.5. The Labute approximate surface area is 151 Å². The quantitative estimate of drug-likeness (QED) is 0.803. The fourth-order valence-electron chi connectivity index (χ4n) is 2.17. The van der Waals surface area contributed by atoms with Crippen LogP contribution in [0.1, 0.15) is 11.3 Å². The van der Waals surface area contributed by atoms with Crippen LogP contribution in [0.3, 0.4) is 0 Å². The van der Waals surface area contributed by atoms with Crippen LogP contribution in [-0.2, 0) is 9.59 Å². The number of imide groups is 1. The molecule has 8 heteroatoms. The van der Waals surface area contributed by atoms with E-state index in [9.17, 15) is 18.8 Å². The van der Waals surface area contributed by atoms with Gasteiger partial charge in [0, 0.05) is 23.5 Å². The van der Waals surface area contributed by atoms with Crippen molar-refractivity contribution in [2.24, 2.45) is 0 Å². The van der Waals surface area contributed by atoms with E-state index in [1.54, 1.807) is 6.08 Å². The number of benzene rings is 1. The molecule has 2 heterocycles. The van der Waals surface area contributed by atoms with Crippen molar-refractivity contribution < 1.29 is 18.8 Å². The minimum atomic E-state index is -0.395. The van der Waals surface area contributed by atoms with E-state index in [0.29, 0.717) is 10.6 Å². The van der Waals surface area contributed by atoms with Gasteiger partial charge in [-0.1, -0.05) is 6.07 Å². The van der Waals surface area contributed by atoms with E-state index in [1.807, 2.05) is 17.5 Å². The van der Waals surface area contributed by atoms with E-state index in [4.69, 9.17) is 0 Å². The molecule has 25 heavy (non-hydrogen) atoms. The van der Waals surface area contributed by atoms with Crippen molar-refractivity contribution >= 4 is 51.9 Å². The third kappa shape index (κ3) is 4.34. The first kappa shape index (κ1) is 17.4. The van der Waals surface area contributed by atoms with Gasteiger partial charge in [0.1, 0.15) is 5.82 Å². The number of halogens is 1. The number of nitrogens with zero attached hydrogens (tertiary/aromatic N) is 1. The number of hydrogen-bond donors (Lipinski definition) is 1. The minimum Gasteiger partial charge on any atom is -0.326 e. The number of rotatable bonds is 5. The molecule has 1 aliphatic heterocycles. The Balaban J connectivity index is 1.57. The van der Waals surface area contributed by atoms with E-state index in [1.165, 1.54) is 35.6 Å². The fraction of sp³-hybridized carbons (Fsp3) is 0.118. The largest absolute Gasteiger partial charge is 0.326 e. The van der Waals surface area contributed by atoms with Gasteiger partial charge < -0.3 is 5.32 Å². The Kier molecular flexibility index (Phi) is 5.30. The third-order valence-electron chi connectivity index (χ3n) is 3.38. The Bertz CT molecular complexity index is 832. The van der Waals surface area contributed by atoms with Crippen molar-refractivity contribution in [1.82, 2.24) is 4.90 Å². The molecular weight excluding hydrogens is 363 g/mol. The van der Waals surface area contributed by atoms with Crippen LogP contribution in [0.5, 0.6) is 0 Å². The molecule has 1 aromatic carbocycles. The Morgan fingerprint density at radius 1 is 1.20 bits per heavy atom. The zero-order valence-corrected chi connectivity index (χ0v) is 14.5. The van der Waals surface area contributed by atoms with Crippen LogP contribution < -0.4 is 5.32 Å². The van der Waals surface area contributed by atoms with E-state index < -0.39 is 11.7 Å². The minimum absolute atomic E-state index is 0.000521. The summed E-state index contributed by atoms with van der Waals surface area (Å²) in [6.07, 6.45) is 1.65. The lowest BCUT2D eigenvalue weighted by Crippen LogP contribution is -2.31. The van der Waals surface area contributed by atoms with Crippen LogP contribution >= 0.6 is 23.1 Å². The number of anilines is 1. The topological polar surface area (TPSA) is 66.5 Å². The van der Waals surface area contributed by atoms with Gasteiger partial charge in [-0.25, -0.2) is 4.39 Å². The monoisotopic (exact) mass is 376 g/mol. The third-order valence-corrected chi connectivity index (χ3v) is 5.11. The number of thioether (sulfide) groups is 1. The Hall–Kier alpha value is -2.45. The van der Waals surface area contributed by atoms with Crippen LogP contribution in [-0.4, -0.2) is 28.5 Å². The lowest BCUT2D eigenvalue weighted by atomic mass is 10.3. The molecule has 1 aromatic heterocycles. The second-order valence-electron chi connectivity index (χ2n) is 5.15. The average molecular weight is 376 g/mol. The Morgan fingerprint density at radius 3 is 2.64 bits per heavy atom. The highest BCUT2D eigenvalue weighted by Gasteiger charge is 2.35. The molecule has 1 aliphatic rings. The summed E-state index contributed by atoms with van der Waals surface area (Å²) in [5.41, 5.74) is 0.457. The molecule has 5 nitrogen and oxygen atoms in total. The van der Waals surface area contributed by atoms with Crippen LogP contribution in [0.25, 0.3) is 6.08 Å². The van der Waals surface area contributed by atoms with Gasteiger partial charge in [-0.15, -0.1) is 11.3 Å². The van der Waals surface area contributed by atoms with Gasteiger partial charge in [0.15, 0.2) is 0 Å². The van der Waals surface area contributed by atoms with Crippen LogP contribution in [0.15, 0.2) is 46.7 Å². The molecule has 0 bridgehead atoms. The highest BCUT2D eigenvalue weighted by atomic mass is 32.2. The van der Waals surface area contributed by atoms with Crippen molar-refractivity contribution in [3.05, 3.63) is 57.4 Å². The predicted octanol–water partition coefficient (Wildman–Crippen LogP) is 3.95. The number of carbonyl (C=O) groups excluding carboxylic acids is 3. The first-order valence-corrected chi connectivity index (χ1v) is 9.07. The number of thiophene rings is 1. The second kappa shape index (κ2) is 7.62. The molecule has 0 radical (unpaired) electrons. The standard InChI is InChI=1S/C17H13FN2O3S2/c18-11-3-5-12(6-4-11)19-15(21)7-8-20-16(22)14(25-17(20)23)10-13-2-1-9-24-13/h1-6,9-10H,7-8H2,(H,19,21). The summed E-state index contributed by atoms with van der Waals surface area (Å²) < 4.78 is 12.8. The molecule has 0 aliphatic carbocycles. The van der Waals surface area contributed by atoms with Crippen LogP contribution in [0.4, 0.5) is 14.9 Å². The van der Waals surface area contributed by atoms with Gasteiger partial charge >= 0.3 is 0 Å². The summed E-state index contributed by atoms with van der Waals surface area (Å²) in [5.74, 6) is -1.14. The summed E-state index contributed by atoms with van der Waals surface area (Å²) in [6.45, 7) is -0.000521. The zero-order valence-electron chi connectivity index (χ0n) is 12.9. The van der Waals surface area contributed by atoms with Gasteiger partial charge in [-0.3, -0.25) is 19.3 Å². The van der Waals surface area contributed by atoms with Crippen molar-refractivity contribution in [2.45, 2.75) is 6.42 Å². The van der Waals surface area contributed by atoms with Crippen molar-refractivity contribution in [1.29, 1.82) is 0 Å². The molecule has 128 valence electrons. The molecule has 1 saturated heterocycles. The molecule has 3 rings (SSSR count). The predicted molar refractivity (Wildman–Crippen MR) is 96.6 cm³/mol. The maximum Gasteiger partial charge on any atom is 0.293 e. The van der Waals surface area contributed by atoms with Crippen LogP contribution in [0.2, 0.25) is 0 Å². The summed E-state index contributed by atoms with van der Waals surface area (Å²) in [7, 11) is 0. The molecular formula is C17H13FN2O3S2. The van der Waals surface area contributed by atoms with Crippen molar-refractivity contribution in [2.75, 3.05) is 11.9 Å². The summed E-state index contributed by atoms with van der Waals surface area (Å²) in [6, 6.07) is 9.08. The van der Waals surface area contributed by atoms with Gasteiger partial charge in [0.2, 0.25) is 5.91 Å². The molecule has 3 amide bonds. The number of amides is 3. The summed E-state index contributed by atoms with van der Waals surface area (Å²) >= 11 is 2.34. The van der Waals surface area contributed by atoms with Crippen molar-refractivity contribution in [3.63, 3.8) is 0 Å². The number of hydrogen-bond acceptors (Lipinski definition) is 5. The van der Waals surface area contributed by atoms with E-state index in [0.717, 1.165) is 21.5 Å². The lowest BCUT2D eigenvalue weighted by Gasteiger charge is -2.12. The molecule has 2 aromatic rings. The number of nitrogens with one attached hydrogen (secondary N) is 1. The molecule has 0 spiro atoms. The van der Waals surface area contributed by atoms with Crippen LogP contribution in [0, 0.1) is 5.82 Å². The second-order valence-corrected chi connectivity index (χ2v) is 7.13. The normalized spacial score (nSPS) is 15.9. The summed E-state index contributed by atoms with van der Waals surface area (Å²) in [5, 5.41) is 4.09. The first-order chi connectivity index (χ1) is 12.0. The Morgan fingerprint density at radius 2 is 1.96 bits per heavy atom. The van der Waals surface area contributed by atoms with Crippen molar-refractivity contribution in [3.8, 4) is 0 Å². The fourth-order valence-corrected chi connectivity index (χ4v) is 3.75. The van der Waals surface area contributed by atoms with Gasteiger partial charge in [0.05, 0.1) is 4.91 Å². The molecule has 0 saturated carbocycles. The first-order valence-electron chi connectivity index (χ1n) is 7.37. The smallest absolute Gasteiger partial charge is 0.293 e. The average Bonchev–Trinajstić information content (AvgIpc) is 3.18. The SMILES string of the molecule is O=C(CCN1C(=O)SC(=Cc2cccs2)C1=O)Nc1ccc(F)cc1. The van der Waals surface area contributed by atoms with Gasteiger partial charge in [-0.2, -0.15) is 0 Å². The molecule has 1 N–H and O–H groups in total. The van der Waals surface area contributed by atoms with Gasteiger partial charge in [0.25, 0.3) is 11.1 Å². The molecule has 1 fully saturated rings. The zero-order chi connectivity index (χ0) is 17.8. The van der Waals surface area contributed by atoms with E-state index in [2.05, 4.69) is 5.32 Å². The molecule has 0 atom stereocenters. The number of carbonyl (C=O) groups is 3. The van der Waals surface area contributed by atoms with Gasteiger partial charge in [-0.05, 0) is 53.5 Å². The maximum absolute atomic E-state index is 12.8. The van der Waals surface area contributed by atoms with E-state index in [-0.39, 0.29) is 24.1 Å². The maximum atomic E-state index is 12.8. The highest BCUT2D eigenvalue weighted by Crippen LogP contribution is 2.32. The van der Waals surface area contributed by atoms with E-state index >= 15 is 0 Å². The molecule has 0 unspecified atom stereocenters. The lowest BCUT2D eigenvalue weighted by molar-refractivity contribution is -0.123.